The molecule has 3 nitrogen and oxygen atoms in total. The molecule has 1 atom stereocenters. The van der Waals surface area contributed by atoms with Crippen molar-refractivity contribution in [3.8, 4) is 0 Å². The first kappa shape index (κ1) is 14.3. The van der Waals surface area contributed by atoms with Gasteiger partial charge in [-0.2, -0.15) is 0 Å². The Morgan fingerprint density at radius 3 is 2.79 bits per heavy atom. The molecular formula is C15H23N3S. The molecule has 4 heteroatoms. The Balaban J connectivity index is 2.09. The predicted molar refractivity (Wildman–Crippen MR) is 86.0 cm³/mol. The fourth-order valence-electron chi connectivity index (χ4n) is 2.79. The third kappa shape index (κ3) is 3.25. The molecular weight excluding hydrogens is 254 g/mol. The van der Waals surface area contributed by atoms with Crippen molar-refractivity contribution >= 4 is 22.9 Å². The normalized spacial score (nSPS) is 19.6. The van der Waals surface area contributed by atoms with Gasteiger partial charge in [-0.25, -0.2) is 0 Å². The lowest BCUT2D eigenvalue weighted by atomic mass is 10.1. The number of nitrogens with zero attached hydrogens (tertiary/aromatic N) is 2. The third-order valence-electron chi connectivity index (χ3n) is 4.07. The maximum Gasteiger partial charge on any atom is 0.104 e. The minimum absolute atomic E-state index is 0.474. The van der Waals surface area contributed by atoms with Gasteiger partial charge in [-0.3, -0.25) is 0 Å². The number of hydrogen-bond acceptors (Lipinski definition) is 3. The molecule has 1 heterocycles. The summed E-state index contributed by atoms with van der Waals surface area (Å²) in [7, 11) is 4.37. The number of aryl methyl sites for hydroxylation is 1. The van der Waals surface area contributed by atoms with Crippen LogP contribution in [0.3, 0.4) is 0 Å². The number of likely N-dealkylation sites (N-methyl/N-ethyl adjacent to an activating group) is 2. The molecule has 0 spiro atoms. The van der Waals surface area contributed by atoms with E-state index in [4.69, 9.17) is 18.0 Å². The fourth-order valence-corrected chi connectivity index (χ4v) is 3.02. The highest BCUT2D eigenvalue weighted by Crippen LogP contribution is 2.21. The lowest BCUT2D eigenvalue weighted by Crippen LogP contribution is -2.36. The molecule has 1 fully saturated rings. The van der Waals surface area contributed by atoms with Gasteiger partial charge in [-0.15, -0.1) is 0 Å². The van der Waals surface area contributed by atoms with E-state index in [2.05, 4.69) is 43.0 Å². The monoisotopic (exact) mass is 277 g/mol. The van der Waals surface area contributed by atoms with Crippen LogP contribution in [-0.2, 0) is 0 Å². The Hall–Kier alpha value is -1.13. The van der Waals surface area contributed by atoms with Crippen molar-refractivity contribution in [2.24, 2.45) is 5.73 Å². The van der Waals surface area contributed by atoms with E-state index >= 15 is 0 Å². The van der Waals surface area contributed by atoms with E-state index in [0.29, 0.717) is 11.0 Å². The topological polar surface area (TPSA) is 32.5 Å². The van der Waals surface area contributed by atoms with Crippen molar-refractivity contribution in [3.63, 3.8) is 0 Å². The van der Waals surface area contributed by atoms with Crippen LogP contribution in [0.1, 0.15) is 24.0 Å². The summed E-state index contributed by atoms with van der Waals surface area (Å²) in [5.41, 5.74) is 9.06. The van der Waals surface area contributed by atoms with Crippen LogP contribution >= 0.6 is 12.2 Å². The highest BCUT2D eigenvalue weighted by atomic mass is 32.1. The standard InChI is InChI=1S/C15H23N3S/c1-11-9-12(6-7-14(11)15(16)19)18(3)10-13-5-4-8-17(13)2/h6-7,9,13H,4-5,8,10H2,1-3H3,(H2,16,19). The molecule has 1 saturated heterocycles. The van der Waals surface area contributed by atoms with Crippen LogP contribution in [0.15, 0.2) is 18.2 Å². The molecule has 104 valence electrons. The van der Waals surface area contributed by atoms with E-state index in [1.807, 2.05) is 6.07 Å². The second-order valence-corrected chi connectivity index (χ2v) is 5.96. The molecule has 0 amide bonds. The van der Waals surface area contributed by atoms with E-state index in [1.54, 1.807) is 0 Å². The quantitative estimate of drug-likeness (QED) is 0.855. The van der Waals surface area contributed by atoms with Gasteiger partial charge >= 0.3 is 0 Å². The van der Waals surface area contributed by atoms with Crippen molar-refractivity contribution in [1.29, 1.82) is 0 Å². The van der Waals surface area contributed by atoms with Gasteiger partial charge in [-0.05, 0) is 57.1 Å². The summed E-state index contributed by atoms with van der Waals surface area (Å²) in [5.74, 6) is 0. The number of nitrogens with two attached hydrogens (primary N) is 1. The second kappa shape index (κ2) is 5.88. The summed E-state index contributed by atoms with van der Waals surface area (Å²) < 4.78 is 0. The van der Waals surface area contributed by atoms with E-state index in [1.165, 1.54) is 25.1 Å². The van der Waals surface area contributed by atoms with E-state index < -0.39 is 0 Å². The average Bonchev–Trinajstić information content (AvgIpc) is 2.74. The molecule has 2 N–H and O–H groups in total. The molecule has 0 aromatic heterocycles. The molecule has 19 heavy (non-hydrogen) atoms. The van der Waals surface area contributed by atoms with Gasteiger partial charge in [-0.1, -0.05) is 12.2 Å². The van der Waals surface area contributed by atoms with Crippen molar-refractivity contribution in [1.82, 2.24) is 4.90 Å². The highest BCUT2D eigenvalue weighted by molar-refractivity contribution is 7.80. The van der Waals surface area contributed by atoms with E-state index in [-0.39, 0.29) is 0 Å². The molecule has 1 aromatic carbocycles. The highest BCUT2D eigenvalue weighted by Gasteiger charge is 2.22. The van der Waals surface area contributed by atoms with E-state index in [9.17, 15) is 0 Å². The Morgan fingerprint density at radius 2 is 2.26 bits per heavy atom. The third-order valence-corrected chi connectivity index (χ3v) is 4.29. The van der Waals surface area contributed by atoms with Crippen LogP contribution in [0, 0.1) is 6.92 Å². The van der Waals surface area contributed by atoms with Crippen molar-refractivity contribution in [3.05, 3.63) is 29.3 Å². The molecule has 1 aromatic rings. The van der Waals surface area contributed by atoms with E-state index in [0.717, 1.165) is 17.7 Å². The lowest BCUT2D eigenvalue weighted by molar-refractivity contribution is 0.314. The van der Waals surface area contributed by atoms with Gasteiger partial charge in [0.1, 0.15) is 4.99 Å². The fraction of sp³-hybridized carbons (Fsp3) is 0.533. The molecule has 1 aliphatic rings. The summed E-state index contributed by atoms with van der Waals surface area (Å²) in [5, 5.41) is 0. The Kier molecular flexibility index (Phi) is 4.42. The van der Waals surface area contributed by atoms with Gasteiger partial charge in [0.05, 0.1) is 0 Å². The maximum absolute atomic E-state index is 5.70. The number of hydrogen-bond donors (Lipinski definition) is 1. The summed E-state index contributed by atoms with van der Waals surface area (Å²) in [6.07, 6.45) is 2.61. The molecule has 0 aliphatic carbocycles. The molecule has 0 saturated carbocycles. The summed E-state index contributed by atoms with van der Waals surface area (Å²) in [4.78, 5) is 5.25. The summed E-state index contributed by atoms with van der Waals surface area (Å²) in [6, 6.07) is 6.97. The number of rotatable bonds is 4. The van der Waals surface area contributed by atoms with Gasteiger partial charge in [0.2, 0.25) is 0 Å². The van der Waals surface area contributed by atoms with Crippen molar-refractivity contribution in [2.75, 3.05) is 32.1 Å². The molecule has 0 bridgehead atoms. The lowest BCUT2D eigenvalue weighted by Gasteiger charge is -2.27. The molecule has 1 aliphatic heterocycles. The summed E-state index contributed by atoms with van der Waals surface area (Å²) in [6.45, 7) is 4.35. The van der Waals surface area contributed by atoms with Crippen LogP contribution in [0.5, 0.6) is 0 Å². The van der Waals surface area contributed by atoms with Gasteiger partial charge < -0.3 is 15.5 Å². The first-order chi connectivity index (χ1) is 8.99. The minimum atomic E-state index is 0.474. The number of likely N-dealkylation sites (tertiary alicyclic amines) is 1. The Labute approximate surface area is 121 Å². The first-order valence-corrected chi connectivity index (χ1v) is 7.21. The molecule has 2 rings (SSSR count). The Morgan fingerprint density at radius 1 is 1.53 bits per heavy atom. The predicted octanol–water partition coefficient (Wildman–Crippen LogP) is 2.16. The van der Waals surface area contributed by atoms with Crippen molar-refractivity contribution in [2.45, 2.75) is 25.8 Å². The van der Waals surface area contributed by atoms with Crippen LogP contribution < -0.4 is 10.6 Å². The zero-order valence-corrected chi connectivity index (χ0v) is 12.8. The smallest absolute Gasteiger partial charge is 0.104 e. The SMILES string of the molecule is Cc1cc(N(C)CC2CCCN2C)ccc1C(N)=S. The Bertz CT molecular complexity index is 472. The average molecular weight is 277 g/mol. The molecule has 1 unspecified atom stereocenters. The van der Waals surface area contributed by atoms with Crippen LogP contribution in [-0.4, -0.2) is 43.1 Å². The minimum Gasteiger partial charge on any atom is -0.389 e. The van der Waals surface area contributed by atoms with Crippen LogP contribution in [0.2, 0.25) is 0 Å². The maximum atomic E-state index is 5.70. The van der Waals surface area contributed by atoms with Gasteiger partial charge in [0.25, 0.3) is 0 Å². The second-order valence-electron chi connectivity index (χ2n) is 5.52. The van der Waals surface area contributed by atoms with Crippen molar-refractivity contribution < 1.29 is 0 Å². The van der Waals surface area contributed by atoms with Gasteiger partial charge in [0, 0.05) is 30.9 Å². The first-order valence-electron chi connectivity index (χ1n) is 6.81. The number of benzene rings is 1. The van der Waals surface area contributed by atoms with Gasteiger partial charge in [0.15, 0.2) is 0 Å². The largest absolute Gasteiger partial charge is 0.389 e. The number of anilines is 1. The zero-order chi connectivity index (χ0) is 14.0. The number of thiocarbonyl (C=S) groups is 1. The zero-order valence-electron chi connectivity index (χ0n) is 12.0. The van der Waals surface area contributed by atoms with Crippen LogP contribution in [0.25, 0.3) is 0 Å². The summed E-state index contributed by atoms with van der Waals surface area (Å²) >= 11 is 5.05. The molecule has 0 radical (unpaired) electrons. The van der Waals surface area contributed by atoms with Crippen LogP contribution in [0.4, 0.5) is 5.69 Å².